The van der Waals surface area contributed by atoms with Gasteiger partial charge in [0, 0.05) is 32.4 Å². The van der Waals surface area contributed by atoms with Crippen molar-refractivity contribution in [2.75, 3.05) is 33.3 Å². The van der Waals surface area contributed by atoms with E-state index in [1.165, 1.54) is 0 Å². The van der Waals surface area contributed by atoms with Crippen LogP contribution in [-0.2, 0) is 4.79 Å². The van der Waals surface area contributed by atoms with Crippen molar-refractivity contribution in [3.05, 3.63) is 59.9 Å². The number of aliphatic imine (C=N–C) groups is 1. The van der Waals surface area contributed by atoms with Crippen LogP contribution in [0.2, 0.25) is 0 Å². The molecule has 1 aromatic carbocycles. The molecule has 1 saturated heterocycles. The number of aromatic nitrogens is 1. The Labute approximate surface area is 174 Å². The van der Waals surface area contributed by atoms with Crippen LogP contribution < -0.4 is 4.74 Å². The largest absolute Gasteiger partial charge is 0.496 e. The average molecular weight is 408 g/mol. The van der Waals surface area contributed by atoms with E-state index in [0.29, 0.717) is 61.9 Å². The number of benzene rings is 1. The van der Waals surface area contributed by atoms with E-state index in [1.807, 2.05) is 35.2 Å². The maximum Gasteiger partial charge on any atom is 0.331 e. The van der Waals surface area contributed by atoms with E-state index in [2.05, 4.69) is 9.98 Å². The molecule has 1 saturated carbocycles. The van der Waals surface area contributed by atoms with E-state index in [0.717, 1.165) is 0 Å². The Balaban J connectivity index is 1.53. The molecule has 156 valence electrons. The smallest absolute Gasteiger partial charge is 0.331 e. The van der Waals surface area contributed by atoms with Crippen LogP contribution in [0.3, 0.4) is 0 Å². The molecule has 0 spiro atoms. The summed E-state index contributed by atoms with van der Waals surface area (Å²) >= 11 is 0. The molecule has 0 unspecified atom stereocenters. The van der Waals surface area contributed by atoms with Crippen molar-refractivity contribution in [1.82, 2.24) is 14.8 Å². The van der Waals surface area contributed by atoms with E-state index in [-0.39, 0.29) is 5.91 Å². The fourth-order valence-electron chi connectivity index (χ4n) is 3.59. The van der Waals surface area contributed by atoms with Crippen molar-refractivity contribution >= 4 is 17.7 Å². The number of pyridine rings is 1. The van der Waals surface area contributed by atoms with Crippen LogP contribution >= 0.6 is 0 Å². The number of carbonyl (C=O) groups excluding carboxylic acids is 1. The van der Waals surface area contributed by atoms with Crippen LogP contribution in [0.1, 0.15) is 28.9 Å². The molecule has 0 radical (unpaired) electrons. The number of amides is 1. The van der Waals surface area contributed by atoms with Gasteiger partial charge in [-0.15, -0.1) is 0 Å². The van der Waals surface area contributed by atoms with Crippen molar-refractivity contribution in [3.63, 3.8) is 0 Å². The maximum atomic E-state index is 13.0. The van der Waals surface area contributed by atoms with Gasteiger partial charge in [-0.2, -0.15) is 0 Å². The number of methoxy groups -OCH3 is 1. The van der Waals surface area contributed by atoms with E-state index >= 15 is 0 Å². The Morgan fingerprint density at radius 1 is 1.03 bits per heavy atom. The lowest BCUT2D eigenvalue weighted by molar-refractivity contribution is -0.139. The minimum atomic E-state index is -1.04. The molecule has 30 heavy (non-hydrogen) atoms. The second kappa shape index (κ2) is 8.14. The van der Waals surface area contributed by atoms with Gasteiger partial charge in [0.05, 0.1) is 12.7 Å². The zero-order chi connectivity index (χ0) is 21.1. The molecule has 1 aromatic heterocycles. The van der Waals surface area contributed by atoms with Gasteiger partial charge in [0.15, 0.2) is 11.4 Å². The summed E-state index contributed by atoms with van der Waals surface area (Å²) in [7, 11) is 1.55. The molecule has 2 aliphatic rings. The molecule has 2 heterocycles. The lowest BCUT2D eigenvalue weighted by Crippen LogP contribution is -2.51. The summed E-state index contributed by atoms with van der Waals surface area (Å²) in [4.78, 5) is 37.5. The van der Waals surface area contributed by atoms with Crippen molar-refractivity contribution in [2.45, 2.75) is 18.4 Å². The van der Waals surface area contributed by atoms with Crippen molar-refractivity contribution in [1.29, 1.82) is 0 Å². The Morgan fingerprint density at radius 2 is 1.70 bits per heavy atom. The third-order valence-electron chi connectivity index (χ3n) is 5.54. The predicted molar refractivity (Wildman–Crippen MR) is 111 cm³/mol. The Kier molecular flexibility index (Phi) is 5.39. The fraction of sp³-hybridized carbons (Fsp3) is 0.364. The average Bonchev–Trinajstić information content (AvgIpc) is 3.59. The highest BCUT2D eigenvalue weighted by Crippen LogP contribution is 2.40. The Morgan fingerprint density at radius 3 is 2.30 bits per heavy atom. The molecule has 1 amide bonds. The van der Waals surface area contributed by atoms with E-state index in [4.69, 9.17) is 4.74 Å². The number of amidine groups is 1. The summed E-state index contributed by atoms with van der Waals surface area (Å²) in [6.45, 7) is 2.10. The van der Waals surface area contributed by atoms with Crippen molar-refractivity contribution in [3.8, 4) is 5.75 Å². The van der Waals surface area contributed by atoms with Gasteiger partial charge in [-0.05, 0) is 37.1 Å². The first-order valence-electron chi connectivity index (χ1n) is 9.96. The first kappa shape index (κ1) is 19.9. The molecule has 0 atom stereocenters. The standard InChI is InChI=1S/C22H24N4O4/c1-30-18-8-3-2-6-16(18)20(27)26-14-12-25(13-15-26)19(17-7-4-5-11-23-17)24-22(9-10-22)21(28)29/h2-8,11H,9-10,12-15H2,1H3,(H,28,29)/b24-19+. The lowest BCUT2D eigenvalue weighted by Gasteiger charge is -2.36. The van der Waals surface area contributed by atoms with Crippen LogP contribution in [0.4, 0.5) is 0 Å². The maximum absolute atomic E-state index is 13.0. The fourth-order valence-corrected chi connectivity index (χ4v) is 3.59. The lowest BCUT2D eigenvalue weighted by atomic mass is 10.1. The number of carboxylic acids is 1. The minimum Gasteiger partial charge on any atom is -0.496 e. The van der Waals surface area contributed by atoms with Crippen molar-refractivity contribution < 1.29 is 19.4 Å². The van der Waals surface area contributed by atoms with Crippen molar-refractivity contribution in [2.24, 2.45) is 4.99 Å². The quantitative estimate of drug-likeness (QED) is 0.600. The topological polar surface area (TPSA) is 95.3 Å². The Bertz CT molecular complexity index is 964. The van der Waals surface area contributed by atoms with Gasteiger partial charge in [-0.25, -0.2) is 9.79 Å². The highest BCUT2D eigenvalue weighted by molar-refractivity contribution is 6.00. The molecule has 8 heteroatoms. The third kappa shape index (κ3) is 3.85. The molecular formula is C22H24N4O4. The summed E-state index contributed by atoms with van der Waals surface area (Å²) in [5, 5.41) is 9.58. The summed E-state index contributed by atoms with van der Waals surface area (Å²) in [5.74, 6) is 0.159. The summed E-state index contributed by atoms with van der Waals surface area (Å²) in [5.41, 5.74) is 0.140. The van der Waals surface area contributed by atoms with Crippen LogP contribution in [0.25, 0.3) is 0 Å². The summed E-state index contributed by atoms with van der Waals surface area (Å²) < 4.78 is 5.32. The van der Waals surface area contributed by atoms with Crippen LogP contribution in [0, 0.1) is 0 Å². The number of carbonyl (C=O) groups is 2. The molecule has 0 bridgehead atoms. The first-order chi connectivity index (χ1) is 14.5. The van der Waals surface area contributed by atoms with Gasteiger partial charge in [-0.1, -0.05) is 18.2 Å². The SMILES string of the molecule is COc1ccccc1C(=O)N1CCN(/C(=N/C2(C(=O)O)CC2)c2ccccn2)CC1. The second-order valence-electron chi connectivity index (χ2n) is 7.47. The molecule has 8 nitrogen and oxygen atoms in total. The Hall–Kier alpha value is -3.42. The van der Waals surface area contributed by atoms with Gasteiger partial charge in [0.1, 0.15) is 11.4 Å². The highest BCUT2D eigenvalue weighted by Gasteiger charge is 2.51. The number of aliphatic carboxylic acids is 1. The van der Waals surface area contributed by atoms with Gasteiger partial charge in [0.25, 0.3) is 5.91 Å². The third-order valence-corrected chi connectivity index (χ3v) is 5.54. The first-order valence-corrected chi connectivity index (χ1v) is 9.96. The number of ether oxygens (including phenoxy) is 1. The van der Waals surface area contributed by atoms with Crippen LogP contribution in [-0.4, -0.2) is 76.4 Å². The number of carboxylic acid groups (broad SMARTS) is 1. The molecule has 2 aromatic rings. The number of hydrogen-bond acceptors (Lipinski definition) is 5. The minimum absolute atomic E-state index is 0.0763. The number of piperazine rings is 1. The molecule has 1 N–H and O–H groups in total. The number of hydrogen-bond donors (Lipinski definition) is 1. The van der Waals surface area contributed by atoms with Crippen LogP contribution in [0.15, 0.2) is 53.7 Å². The molecule has 1 aliphatic carbocycles. The predicted octanol–water partition coefficient (Wildman–Crippen LogP) is 1.91. The second-order valence-corrected chi connectivity index (χ2v) is 7.47. The van der Waals surface area contributed by atoms with E-state index in [9.17, 15) is 14.7 Å². The number of nitrogens with zero attached hydrogens (tertiary/aromatic N) is 4. The zero-order valence-corrected chi connectivity index (χ0v) is 16.8. The zero-order valence-electron chi connectivity index (χ0n) is 16.8. The molecule has 4 rings (SSSR count). The highest BCUT2D eigenvalue weighted by atomic mass is 16.5. The molecule has 2 fully saturated rings. The summed E-state index contributed by atoms with van der Waals surface area (Å²) in [6, 6.07) is 12.7. The van der Waals surface area contributed by atoms with E-state index in [1.54, 1.807) is 30.3 Å². The van der Waals surface area contributed by atoms with Gasteiger partial charge in [0.2, 0.25) is 0 Å². The normalized spacial score (nSPS) is 18.1. The van der Waals surface area contributed by atoms with Gasteiger partial charge < -0.3 is 19.6 Å². The van der Waals surface area contributed by atoms with Gasteiger partial charge in [-0.3, -0.25) is 9.78 Å². The monoisotopic (exact) mass is 408 g/mol. The molecule has 1 aliphatic heterocycles. The van der Waals surface area contributed by atoms with Gasteiger partial charge >= 0.3 is 5.97 Å². The summed E-state index contributed by atoms with van der Waals surface area (Å²) in [6.07, 6.45) is 2.74. The van der Waals surface area contributed by atoms with Crippen LogP contribution in [0.5, 0.6) is 5.75 Å². The number of para-hydroxylation sites is 1. The van der Waals surface area contributed by atoms with E-state index < -0.39 is 11.5 Å². The number of rotatable bonds is 5. The molecular weight excluding hydrogens is 384 g/mol.